The lowest BCUT2D eigenvalue weighted by Crippen LogP contribution is -2.56. The van der Waals surface area contributed by atoms with Crippen LogP contribution >= 0.6 is 11.3 Å². The molecule has 3 saturated heterocycles. The van der Waals surface area contributed by atoms with Crippen molar-refractivity contribution in [3.8, 4) is 39.5 Å². The van der Waals surface area contributed by atoms with E-state index >= 15 is 8.78 Å². The molecule has 4 amide bonds. The van der Waals surface area contributed by atoms with Crippen molar-refractivity contribution in [2.24, 2.45) is 5.92 Å². The van der Waals surface area contributed by atoms with Gasteiger partial charge in [-0.15, -0.1) is 11.3 Å². The summed E-state index contributed by atoms with van der Waals surface area (Å²) < 4.78 is 56.4. The van der Waals surface area contributed by atoms with E-state index in [2.05, 4.69) is 53.1 Å². The van der Waals surface area contributed by atoms with Crippen LogP contribution < -0.4 is 15.4 Å². The van der Waals surface area contributed by atoms with E-state index in [1.54, 1.807) is 23.7 Å². The zero-order valence-corrected chi connectivity index (χ0v) is 41.3. The predicted octanol–water partition coefficient (Wildman–Crippen LogP) is 9.06. The Balaban J connectivity index is 0.896. The molecule has 378 valence electrons. The maximum absolute atomic E-state index is 17.0. The molecule has 11 rings (SSSR count). The Bertz CT molecular complexity index is 3060. The fraction of sp³-hybridized carbons (Fsp3) is 0.462. The van der Waals surface area contributed by atoms with Crippen molar-refractivity contribution in [3.63, 3.8) is 0 Å². The van der Waals surface area contributed by atoms with E-state index in [0.717, 1.165) is 53.4 Å². The number of carbonyl (C=O) groups is 4. The summed E-state index contributed by atoms with van der Waals surface area (Å²) in [5, 5.41) is 6.04. The lowest BCUT2D eigenvalue weighted by atomic mass is 9.90. The molecule has 5 atom stereocenters. The minimum absolute atomic E-state index is 0.0815. The smallest absolute Gasteiger partial charge is 0.407 e. The molecule has 1 saturated carbocycles. The first-order valence-electron chi connectivity index (χ1n) is 24.7. The monoisotopic (exact) mass is 1010 g/mol. The molecule has 4 aromatic heterocycles. The van der Waals surface area contributed by atoms with E-state index in [0.29, 0.717) is 104 Å². The molecular formula is C52H57F2N9O8S. The fourth-order valence-corrected chi connectivity index (χ4v) is 12.2. The van der Waals surface area contributed by atoms with Crippen LogP contribution in [-0.4, -0.2) is 117 Å². The van der Waals surface area contributed by atoms with Gasteiger partial charge in [-0.25, -0.2) is 28.3 Å². The first-order chi connectivity index (χ1) is 34.8. The number of fused-ring (bicyclic) bond motifs is 5. The molecular weight excluding hydrogens is 949 g/mol. The third kappa shape index (κ3) is 8.85. The zero-order valence-electron chi connectivity index (χ0n) is 40.5. The maximum atomic E-state index is 17.0. The molecule has 72 heavy (non-hydrogen) atoms. The van der Waals surface area contributed by atoms with Crippen LogP contribution in [0.15, 0.2) is 60.9 Å². The summed E-state index contributed by atoms with van der Waals surface area (Å²) in [4.78, 5) is 74.5. The van der Waals surface area contributed by atoms with Gasteiger partial charge in [0.15, 0.2) is 0 Å². The van der Waals surface area contributed by atoms with Crippen molar-refractivity contribution in [1.29, 1.82) is 0 Å². The first-order valence-corrected chi connectivity index (χ1v) is 25.5. The number of H-pyrrole nitrogens is 2. The molecule has 2 unspecified atom stereocenters. The standard InChI is InChI=1S/C52H57F2N9O8S/c1-52(2,54)44(60-51(67)69-4)48(65)62-18-6-8-37(62)46-56-26-34(58-46)30-22-32(53)42-38-23-31-21-29(11-12-35(31)63(38)49(71-39(42)24-30)41-14-13-40(72-41)27-9-10-27)33-25-55-45(57-33)36-7-5-17-61(36)47(64)43(59-50(66)68-3)28-15-19-70-20-16-28/h11-14,21-28,36-37,43-44,49H,5-10,15-20H2,1-4H3,(H,55,57)(H,56,58)(H,59,66)(H,60,67)/t36-,37-,43-,44?,49?/m0/s1. The van der Waals surface area contributed by atoms with Crippen LogP contribution in [0.4, 0.5) is 18.4 Å². The second-order valence-corrected chi connectivity index (χ2v) is 21.1. The summed E-state index contributed by atoms with van der Waals surface area (Å²) in [7, 11) is 2.44. The van der Waals surface area contributed by atoms with Crippen molar-refractivity contribution in [2.75, 3.05) is 40.5 Å². The number of aromatic nitrogens is 5. The van der Waals surface area contributed by atoms with E-state index < -0.39 is 53.9 Å². The number of alkyl halides is 1. The van der Waals surface area contributed by atoms with Crippen LogP contribution in [0.25, 0.3) is 44.7 Å². The Hall–Kier alpha value is -6.80. The van der Waals surface area contributed by atoms with Crippen LogP contribution in [-0.2, 0) is 23.8 Å². The van der Waals surface area contributed by atoms with Crippen LogP contribution in [0.5, 0.6) is 5.75 Å². The van der Waals surface area contributed by atoms with Crippen LogP contribution in [0.2, 0.25) is 0 Å². The first kappa shape index (κ1) is 47.5. The summed E-state index contributed by atoms with van der Waals surface area (Å²) in [6.45, 7) is 4.37. The molecule has 17 nitrogen and oxygen atoms in total. The number of likely N-dealkylation sites (tertiary alicyclic amines) is 2. The number of halogens is 2. The third-order valence-electron chi connectivity index (χ3n) is 14.9. The lowest BCUT2D eigenvalue weighted by Gasteiger charge is -2.34. The number of nitrogens with one attached hydrogen (secondary N) is 4. The second-order valence-electron chi connectivity index (χ2n) is 19.9. The SMILES string of the molecule is COC(=O)NC(C(=O)N1CCC[C@H]1c1ncc(-c2cc(F)c3c(c2)OC(c2ccc(C4CC4)s2)n2c-3cc3cc(-c4cnc([C@@H]5CCCN5C(=O)[C@@H](NC(=O)OC)C5CCOCC5)[nH]4)ccc32)[nH]1)C(C)(C)F. The Morgan fingerprint density at radius 1 is 0.792 bits per heavy atom. The van der Waals surface area contributed by atoms with Crippen molar-refractivity contribution in [1.82, 2.24) is 44.9 Å². The quantitative estimate of drug-likeness (QED) is 0.0918. The Kier molecular flexibility index (Phi) is 12.5. The fourth-order valence-electron chi connectivity index (χ4n) is 11.0. The number of alkyl carbamates (subject to hydrolysis) is 2. The number of ether oxygens (including phenoxy) is 4. The van der Waals surface area contributed by atoms with E-state index in [9.17, 15) is 19.2 Å². The van der Waals surface area contributed by atoms with E-state index in [4.69, 9.17) is 19.2 Å². The highest BCUT2D eigenvalue weighted by Gasteiger charge is 2.44. The van der Waals surface area contributed by atoms with Gasteiger partial charge in [0, 0.05) is 47.7 Å². The Morgan fingerprint density at radius 2 is 1.43 bits per heavy atom. The van der Waals surface area contributed by atoms with Crippen molar-refractivity contribution >= 4 is 46.2 Å². The van der Waals surface area contributed by atoms with Gasteiger partial charge in [0.05, 0.1) is 71.7 Å². The zero-order chi connectivity index (χ0) is 50.0. The summed E-state index contributed by atoms with van der Waals surface area (Å²) in [5.74, 6) is 0.655. The molecule has 2 aromatic carbocycles. The summed E-state index contributed by atoms with van der Waals surface area (Å²) in [6.07, 6.45) is 7.48. The summed E-state index contributed by atoms with van der Waals surface area (Å²) in [6, 6.07) is 12.5. The van der Waals surface area contributed by atoms with Gasteiger partial charge in [-0.1, -0.05) is 6.07 Å². The third-order valence-corrected chi connectivity index (χ3v) is 16.1. The molecule has 6 aromatic rings. The number of imidazole rings is 2. The summed E-state index contributed by atoms with van der Waals surface area (Å²) in [5.41, 5.74) is 2.34. The molecule has 0 bridgehead atoms. The van der Waals surface area contributed by atoms with E-state index in [1.165, 1.54) is 36.8 Å². The van der Waals surface area contributed by atoms with Crippen molar-refractivity contribution < 1.29 is 46.9 Å². The number of benzene rings is 2. The average molecular weight is 1010 g/mol. The maximum Gasteiger partial charge on any atom is 0.407 e. The molecule has 5 aliphatic rings. The Labute approximate surface area is 417 Å². The van der Waals surface area contributed by atoms with Gasteiger partial charge in [-0.3, -0.25) is 14.2 Å². The normalized spacial score (nSPS) is 20.9. The number of hydrogen-bond acceptors (Lipinski definition) is 11. The molecule has 0 spiro atoms. The van der Waals surface area contributed by atoms with Crippen molar-refractivity contribution in [2.45, 2.75) is 107 Å². The van der Waals surface area contributed by atoms with Gasteiger partial charge >= 0.3 is 12.2 Å². The number of thiophene rings is 1. The molecule has 4 aliphatic heterocycles. The number of methoxy groups -OCH3 is 2. The summed E-state index contributed by atoms with van der Waals surface area (Å²) >= 11 is 1.71. The molecule has 8 heterocycles. The number of amides is 4. The predicted molar refractivity (Wildman–Crippen MR) is 262 cm³/mol. The number of hydrogen-bond donors (Lipinski definition) is 4. The number of rotatable bonds is 12. The highest BCUT2D eigenvalue weighted by Crippen LogP contribution is 2.50. The van der Waals surface area contributed by atoms with Gasteiger partial charge in [0.25, 0.3) is 0 Å². The van der Waals surface area contributed by atoms with Crippen LogP contribution in [0.3, 0.4) is 0 Å². The minimum Gasteiger partial charge on any atom is -0.464 e. The molecule has 4 N–H and O–H groups in total. The largest absolute Gasteiger partial charge is 0.464 e. The number of aromatic amines is 2. The molecule has 0 radical (unpaired) electrons. The van der Waals surface area contributed by atoms with E-state index in [-0.39, 0.29) is 17.9 Å². The van der Waals surface area contributed by atoms with Gasteiger partial charge in [0.1, 0.15) is 41.0 Å². The van der Waals surface area contributed by atoms with Crippen LogP contribution in [0, 0.1) is 11.7 Å². The number of carbonyl (C=O) groups excluding carboxylic acids is 4. The van der Waals surface area contributed by atoms with Crippen molar-refractivity contribution in [3.05, 3.63) is 88.1 Å². The van der Waals surface area contributed by atoms with E-state index in [1.807, 2.05) is 29.2 Å². The molecule has 20 heteroatoms. The lowest BCUT2D eigenvalue weighted by molar-refractivity contribution is -0.138. The van der Waals surface area contributed by atoms with Gasteiger partial charge < -0.3 is 49.3 Å². The van der Waals surface area contributed by atoms with Crippen LogP contribution in [0.1, 0.15) is 111 Å². The molecule has 4 fully saturated rings. The van der Waals surface area contributed by atoms with Gasteiger partial charge in [0.2, 0.25) is 18.0 Å². The van der Waals surface area contributed by atoms with Gasteiger partial charge in [-0.2, -0.15) is 0 Å². The number of nitrogens with zero attached hydrogens (tertiary/aromatic N) is 5. The average Bonchev–Trinajstić information content (AvgIpc) is 4.11. The second kappa shape index (κ2) is 19.0. The van der Waals surface area contributed by atoms with Gasteiger partial charge in [-0.05, 0) is 120 Å². The highest BCUT2D eigenvalue weighted by molar-refractivity contribution is 7.12. The minimum atomic E-state index is -2.09. The Morgan fingerprint density at radius 3 is 2.08 bits per heavy atom. The highest BCUT2D eigenvalue weighted by atomic mass is 32.1. The topological polar surface area (TPSA) is 198 Å². The molecule has 1 aliphatic carbocycles.